The Morgan fingerprint density at radius 1 is 1.25 bits per heavy atom. The van der Waals surface area contributed by atoms with Crippen molar-refractivity contribution in [3.8, 4) is 11.1 Å². The summed E-state index contributed by atoms with van der Waals surface area (Å²) < 4.78 is 3.78. The second-order valence-corrected chi connectivity index (χ2v) is 4.91. The van der Waals surface area contributed by atoms with E-state index in [2.05, 4.69) is 16.3 Å². The van der Waals surface area contributed by atoms with Crippen molar-refractivity contribution in [2.75, 3.05) is 5.73 Å². The van der Waals surface area contributed by atoms with Crippen LogP contribution >= 0.6 is 0 Å². The highest BCUT2D eigenvalue weighted by Gasteiger charge is 2.07. The zero-order valence-corrected chi connectivity index (χ0v) is 11.6. The second kappa shape index (κ2) is 4.85. The number of hydrogen-bond donors (Lipinski definition) is 1. The molecule has 0 fully saturated rings. The molecule has 0 amide bonds. The monoisotopic (exact) mass is 267 g/mol. The Hall–Kier alpha value is -2.56. The summed E-state index contributed by atoms with van der Waals surface area (Å²) >= 11 is 0. The van der Waals surface area contributed by atoms with E-state index in [1.807, 2.05) is 60.0 Å². The van der Waals surface area contributed by atoms with E-state index in [1.54, 1.807) is 0 Å². The second-order valence-electron chi connectivity index (χ2n) is 4.91. The number of para-hydroxylation sites is 1. The van der Waals surface area contributed by atoms with Crippen LogP contribution in [0.4, 0.5) is 5.69 Å². The Kier molecular flexibility index (Phi) is 3.02. The minimum absolute atomic E-state index is 0.698. The van der Waals surface area contributed by atoms with Gasteiger partial charge in [0.2, 0.25) is 0 Å². The molecule has 0 bridgehead atoms. The van der Waals surface area contributed by atoms with Crippen molar-refractivity contribution in [1.29, 1.82) is 0 Å². The van der Waals surface area contributed by atoms with Gasteiger partial charge in [0, 0.05) is 30.1 Å². The molecule has 20 heavy (non-hydrogen) atoms. The Morgan fingerprint density at radius 3 is 2.75 bits per heavy atom. The van der Waals surface area contributed by atoms with Crippen LogP contribution in [0.2, 0.25) is 0 Å². The molecule has 102 valence electrons. The lowest BCUT2D eigenvalue weighted by atomic mass is 10.1. The summed E-state index contributed by atoms with van der Waals surface area (Å²) in [6.45, 7) is 2.69. The fourth-order valence-corrected chi connectivity index (χ4v) is 2.33. The normalized spacial score (nSPS) is 10.9. The van der Waals surface area contributed by atoms with Crippen LogP contribution in [0.3, 0.4) is 0 Å². The van der Waals surface area contributed by atoms with E-state index in [0.29, 0.717) is 6.54 Å². The van der Waals surface area contributed by atoms with Crippen LogP contribution in [-0.2, 0) is 13.6 Å². The van der Waals surface area contributed by atoms with Gasteiger partial charge in [0.15, 0.2) is 0 Å². The molecule has 0 unspecified atom stereocenters. The van der Waals surface area contributed by atoms with Crippen molar-refractivity contribution >= 4 is 5.69 Å². The first kappa shape index (κ1) is 12.5. The van der Waals surface area contributed by atoms with Crippen molar-refractivity contribution in [2.24, 2.45) is 7.05 Å². The largest absolute Gasteiger partial charge is 0.398 e. The molecule has 0 aliphatic carbocycles. The molecular formula is C15H17N5. The van der Waals surface area contributed by atoms with Gasteiger partial charge >= 0.3 is 0 Å². The third-order valence-corrected chi connectivity index (χ3v) is 3.33. The highest BCUT2D eigenvalue weighted by atomic mass is 15.3. The minimum Gasteiger partial charge on any atom is -0.398 e. The molecule has 2 aromatic heterocycles. The zero-order chi connectivity index (χ0) is 14.1. The predicted molar refractivity (Wildman–Crippen MR) is 79.1 cm³/mol. The van der Waals surface area contributed by atoms with Crippen LogP contribution in [0.1, 0.15) is 11.4 Å². The number of nitrogen functional groups attached to an aromatic ring is 1. The van der Waals surface area contributed by atoms with Crippen LogP contribution in [-0.4, -0.2) is 19.6 Å². The number of benzene rings is 1. The van der Waals surface area contributed by atoms with Gasteiger partial charge in [0.1, 0.15) is 0 Å². The number of anilines is 1. The van der Waals surface area contributed by atoms with Crippen molar-refractivity contribution in [3.05, 3.63) is 54.1 Å². The molecule has 5 nitrogen and oxygen atoms in total. The molecule has 5 heteroatoms. The standard InChI is InChI=1S/C15H17N5/c1-11-7-13(19(2)18-11)10-20-9-12(8-17-20)14-5-3-4-6-15(14)16/h3-9H,10,16H2,1-2H3. The predicted octanol–water partition coefficient (Wildman–Crippen LogP) is 2.22. The maximum atomic E-state index is 5.99. The summed E-state index contributed by atoms with van der Waals surface area (Å²) in [7, 11) is 1.95. The number of aromatic nitrogens is 4. The Labute approximate surface area is 117 Å². The maximum Gasteiger partial charge on any atom is 0.0828 e. The van der Waals surface area contributed by atoms with Gasteiger partial charge in [-0.1, -0.05) is 18.2 Å². The fourth-order valence-electron chi connectivity index (χ4n) is 2.33. The molecule has 0 saturated carbocycles. The van der Waals surface area contributed by atoms with Crippen molar-refractivity contribution < 1.29 is 0 Å². The topological polar surface area (TPSA) is 61.7 Å². The van der Waals surface area contributed by atoms with Gasteiger partial charge in [-0.25, -0.2) is 0 Å². The van der Waals surface area contributed by atoms with Gasteiger partial charge in [0.05, 0.1) is 24.1 Å². The molecule has 3 aromatic rings. The summed E-state index contributed by atoms with van der Waals surface area (Å²) in [5, 5.41) is 8.74. The number of nitrogens with zero attached hydrogens (tertiary/aromatic N) is 4. The molecule has 0 spiro atoms. The van der Waals surface area contributed by atoms with Gasteiger partial charge in [0.25, 0.3) is 0 Å². The van der Waals surface area contributed by atoms with Crippen molar-refractivity contribution in [3.63, 3.8) is 0 Å². The lowest BCUT2D eigenvalue weighted by molar-refractivity contribution is 0.619. The molecule has 0 radical (unpaired) electrons. The van der Waals surface area contributed by atoms with Crippen molar-refractivity contribution in [1.82, 2.24) is 19.6 Å². The first-order valence-electron chi connectivity index (χ1n) is 6.50. The van der Waals surface area contributed by atoms with Gasteiger partial charge in [-0.2, -0.15) is 10.2 Å². The summed E-state index contributed by atoms with van der Waals surface area (Å²) in [4.78, 5) is 0. The first-order valence-corrected chi connectivity index (χ1v) is 6.50. The number of hydrogen-bond acceptors (Lipinski definition) is 3. The molecule has 0 atom stereocenters. The number of rotatable bonds is 3. The lowest BCUT2D eigenvalue weighted by Crippen LogP contribution is -2.05. The first-order chi connectivity index (χ1) is 9.63. The van der Waals surface area contributed by atoms with Crippen LogP contribution < -0.4 is 5.73 Å². The number of aryl methyl sites for hydroxylation is 2. The molecule has 0 aliphatic heterocycles. The Bertz CT molecular complexity index is 738. The van der Waals surface area contributed by atoms with Crippen LogP contribution in [0.25, 0.3) is 11.1 Å². The van der Waals surface area contributed by atoms with Gasteiger partial charge in [-0.15, -0.1) is 0 Å². The summed E-state index contributed by atoms with van der Waals surface area (Å²) in [5.74, 6) is 0. The number of nitrogens with two attached hydrogens (primary N) is 1. The molecule has 2 heterocycles. The minimum atomic E-state index is 0.698. The third-order valence-electron chi connectivity index (χ3n) is 3.33. The fraction of sp³-hybridized carbons (Fsp3) is 0.200. The lowest BCUT2D eigenvalue weighted by Gasteiger charge is -2.03. The molecule has 1 aromatic carbocycles. The van der Waals surface area contributed by atoms with Gasteiger partial charge in [-0.05, 0) is 19.1 Å². The van der Waals surface area contributed by atoms with E-state index in [-0.39, 0.29) is 0 Å². The Balaban J connectivity index is 1.88. The summed E-state index contributed by atoms with van der Waals surface area (Å²) in [5.41, 5.74) is 10.9. The molecule has 0 saturated heterocycles. The van der Waals surface area contributed by atoms with Crippen LogP contribution in [0, 0.1) is 6.92 Å². The molecule has 3 rings (SSSR count). The molecule has 2 N–H and O–H groups in total. The van der Waals surface area contributed by atoms with E-state index < -0.39 is 0 Å². The Morgan fingerprint density at radius 2 is 2.05 bits per heavy atom. The SMILES string of the molecule is Cc1cc(Cn2cc(-c3ccccc3N)cn2)n(C)n1. The van der Waals surface area contributed by atoms with E-state index in [4.69, 9.17) is 5.73 Å². The third kappa shape index (κ3) is 2.30. The highest BCUT2D eigenvalue weighted by molar-refractivity contribution is 5.75. The maximum absolute atomic E-state index is 5.99. The van der Waals surface area contributed by atoms with Crippen LogP contribution in [0.15, 0.2) is 42.7 Å². The quantitative estimate of drug-likeness (QED) is 0.740. The summed E-state index contributed by atoms with van der Waals surface area (Å²) in [6.07, 6.45) is 3.85. The van der Waals surface area contributed by atoms with Gasteiger partial charge in [-0.3, -0.25) is 9.36 Å². The average Bonchev–Trinajstić information content (AvgIpc) is 2.98. The van der Waals surface area contributed by atoms with E-state index in [9.17, 15) is 0 Å². The summed E-state index contributed by atoms with van der Waals surface area (Å²) in [6, 6.07) is 9.88. The highest BCUT2D eigenvalue weighted by Crippen LogP contribution is 2.24. The average molecular weight is 267 g/mol. The van der Waals surface area contributed by atoms with E-state index in [0.717, 1.165) is 28.2 Å². The van der Waals surface area contributed by atoms with E-state index in [1.165, 1.54) is 0 Å². The van der Waals surface area contributed by atoms with E-state index >= 15 is 0 Å². The zero-order valence-electron chi connectivity index (χ0n) is 11.6. The smallest absolute Gasteiger partial charge is 0.0828 e. The molecule has 0 aliphatic rings. The molecular weight excluding hydrogens is 250 g/mol. The van der Waals surface area contributed by atoms with Gasteiger partial charge < -0.3 is 5.73 Å². The van der Waals surface area contributed by atoms with Crippen molar-refractivity contribution in [2.45, 2.75) is 13.5 Å². The van der Waals surface area contributed by atoms with Crippen LogP contribution in [0.5, 0.6) is 0 Å².